The Hall–Kier alpha value is -1.31. The maximum absolute atomic E-state index is 12.4. The highest BCUT2D eigenvalue weighted by Gasteiger charge is 2.46. The van der Waals surface area contributed by atoms with Gasteiger partial charge in [0.2, 0.25) is 0 Å². The normalized spacial score (nSPS) is 27.9. The lowest BCUT2D eigenvalue weighted by Crippen LogP contribution is -2.43. The van der Waals surface area contributed by atoms with Gasteiger partial charge in [0.25, 0.3) is 0 Å². The van der Waals surface area contributed by atoms with Gasteiger partial charge in [-0.1, -0.05) is 57.9 Å². The Bertz CT molecular complexity index is 534. The van der Waals surface area contributed by atoms with Crippen molar-refractivity contribution in [2.24, 2.45) is 17.3 Å². The van der Waals surface area contributed by atoms with E-state index in [2.05, 4.69) is 52.0 Å². The maximum atomic E-state index is 12.4. The summed E-state index contributed by atoms with van der Waals surface area (Å²) in [5, 5.41) is 0. The molecule has 1 fully saturated rings. The Morgan fingerprint density at radius 2 is 2.13 bits per heavy atom. The van der Waals surface area contributed by atoms with E-state index in [4.69, 9.17) is 4.74 Å². The lowest BCUT2D eigenvalue weighted by atomic mass is 9.61. The molecule has 0 N–H and O–H groups in total. The molecule has 1 saturated carbocycles. The van der Waals surface area contributed by atoms with Crippen molar-refractivity contribution < 1.29 is 9.53 Å². The molecule has 1 aromatic rings. The van der Waals surface area contributed by atoms with Crippen molar-refractivity contribution in [2.45, 2.75) is 65.7 Å². The van der Waals surface area contributed by atoms with Gasteiger partial charge in [0.05, 0.1) is 12.5 Å². The Labute approximate surface area is 141 Å². The second-order valence-corrected chi connectivity index (χ2v) is 7.82. The maximum Gasteiger partial charge on any atom is 0.311 e. The highest BCUT2D eigenvalue weighted by atomic mass is 16.5. The third-order valence-electron chi connectivity index (χ3n) is 5.87. The van der Waals surface area contributed by atoms with Crippen molar-refractivity contribution in [3.63, 3.8) is 0 Å². The molecule has 1 aliphatic rings. The number of hydrogen-bond acceptors (Lipinski definition) is 2. The minimum Gasteiger partial charge on any atom is -0.469 e. The molecule has 0 aliphatic heterocycles. The van der Waals surface area contributed by atoms with E-state index in [0.29, 0.717) is 17.8 Å². The molecule has 0 aromatic heterocycles. The van der Waals surface area contributed by atoms with Crippen LogP contribution in [-0.2, 0) is 16.0 Å². The predicted molar refractivity (Wildman–Crippen MR) is 95.5 cm³/mol. The number of carbonyl (C=O) groups excluding carboxylic acids is 1. The largest absolute Gasteiger partial charge is 0.469 e. The predicted octanol–water partition coefficient (Wildman–Crippen LogP) is 5.36. The van der Waals surface area contributed by atoms with Crippen LogP contribution < -0.4 is 0 Å². The van der Waals surface area contributed by atoms with Crippen LogP contribution in [0.1, 0.15) is 70.4 Å². The molecule has 2 heteroatoms. The summed E-state index contributed by atoms with van der Waals surface area (Å²) in [5.74, 6) is 1.53. The molecule has 1 aliphatic carbocycles. The summed E-state index contributed by atoms with van der Waals surface area (Å²) in [4.78, 5) is 12.4. The standard InChI is InChI=1S/C21H32O2/c1-15(2)18-10-6-9-17(14-18)11-12-19-16(3)8-7-13-21(19,4)20(22)23-5/h6,9-10,14-16,19H,7-8,11-13H2,1-5H3/t16-,19-,21-/m1/s1. The van der Waals surface area contributed by atoms with Crippen LogP contribution in [-0.4, -0.2) is 13.1 Å². The van der Waals surface area contributed by atoms with Crippen molar-refractivity contribution in [3.8, 4) is 0 Å². The molecule has 23 heavy (non-hydrogen) atoms. The average Bonchev–Trinajstić information content (AvgIpc) is 2.53. The molecular formula is C21H32O2. The summed E-state index contributed by atoms with van der Waals surface area (Å²) in [5.41, 5.74) is 2.47. The van der Waals surface area contributed by atoms with Crippen LogP contribution in [0.15, 0.2) is 24.3 Å². The molecule has 0 spiro atoms. The first-order chi connectivity index (χ1) is 10.9. The highest BCUT2D eigenvalue weighted by molar-refractivity contribution is 5.76. The molecule has 3 atom stereocenters. The van der Waals surface area contributed by atoms with Gasteiger partial charge in [0, 0.05) is 0 Å². The number of methoxy groups -OCH3 is 1. The van der Waals surface area contributed by atoms with Crippen LogP contribution >= 0.6 is 0 Å². The summed E-state index contributed by atoms with van der Waals surface area (Å²) in [6, 6.07) is 8.91. The van der Waals surface area contributed by atoms with E-state index in [-0.39, 0.29) is 11.4 Å². The Morgan fingerprint density at radius 3 is 2.78 bits per heavy atom. The van der Waals surface area contributed by atoms with Crippen LogP contribution in [0.2, 0.25) is 0 Å². The summed E-state index contributed by atoms with van der Waals surface area (Å²) < 4.78 is 5.13. The van der Waals surface area contributed by atoms with Gasteiger partial charge in [-0.25, -0.2) is 0 Å². The lowest BCUT2D eigenvalue weighted by molar-refractivity contribution is -0.159. The van der Waals surface area contributed by atoms with Crippen LogP contribution in [0.3, 0.4) is 0 Å². The fraction of sp³-hybridized carbons (Fsp3) is 0.667. The quantitative estimate of drug-likeness (QED) is 0.684. The Morgan fingerprint density at radius 1 is 1.39 bits per heavy atom. The smallest absolute Gasteiger partial charge is 0.311 e. The van der Waals surface area contributed by atoms with E-state index in [1.165, 1.54) is 24.7 Å². The van der Waals surface area contributed by atoms with Crippen LogP contribution in [0.25, 0.3) is 0 Å². The zero-order chi connectivity index (χ0) is 17.0. The molecule has 0 saturated heterocycles. The highest BCUT2D eigenvalue weighted by Crippen LogP contribution is 2.47. The van der Waals surface area contributed by atoms with E-state index in [9.17, 15) is 4.79 Å². The van der Waals surface area contributed by atoms with Gasteiger partial charge >= 0.3 is 5.97 Å². The Kier molecular flexibility index (Phi) is 5.89. The second kappa shape index (κ2) is 7.51. The number of aryl methyl sites for hydroxylation is 1. The van der Waals surface area contributed by atoms with Crippen LogP contribution in [0.5, 0.6) is 0 Å². The molecule has 2 rings (SSSR count). The molecule has 2 nitrogen and oxygen atoms in total. The first-order valence-corrected chi connectivity index (χ1v) is 9.05. The number of benzene rings is 1. The number of ether oxygens (including phenoxy) is 1. The summed E-state index contributed by atoms with van der Waals surface area (Å²) >= 11 is 0. The fourth-order valence-electron chi connectivity index (χ4n) is 4.33. The monoisotopic (exact) mass is 316 g/mol. The molecule has 0 heterocycles. The van der Waals surface area contributed by atoms with Gasteiger partial charge in [-0.05, 0) is 55.1 Å². The summed E-state index contributed by atoms with van der Waals surface area (Å²) in [6.07, 6.45) is 5.42. The third kappa shape index (κ3) is 3.97. The van der Waals surface area contributed by atoms with Crippen LogP contribution in [0, 0.1) is 17.3 Å². The minimum atomic E-state index is -0.317. The van der Waals surface area contributed by atoms with Gasteiger partial charge in [-0.2, -0.15) is 0 Å². The fourth-order valence-corrected chi connectivity index (χ4v) is 4.33. The van der Waals surface area contributed by atoms with Crippen molar-refractivity contribution >= 4 is 5.97 Å². The van der Waals surface area contributed by atoms with Gasteiger partial charge in [-0.3, -0.25) is 4.79 Å². The molecule has 1 aromatic carbocycles. The number of carbonyl (C=O) groups is 1. The van der Waals surface area contributed by atoms with Crippen molar-refractivity contribution in [3.05, 3.63) is 35.4 Å². The van der Waals surface area contributed by atoms with Crippen molar-refractivity contribution in [1.29, 1.82) is 0 Å². The topological polar surface area (TPSA) is 26.3 Å². The molecule has 0 bridgehead atoms. The van der Waals surface area contributed by atoms with Crippen molar-refractivity contribution in [1.82, 2.24) is 0 Å². The molecule has 0 amide bonds. The Balaban J connectivity index is 2.12. The summed E-state index contributed by atoms with van der Waals surface area (Å²) in [6.45, 7) is 8.88. The van der Waals surface area contributed by atoms with Gasteiger partial charge in [0.1, 0.15) is 0 Å². The van der Waals surface area contributed by atoms with Gasteiger partial charge < -0.3 is 4.74 Å². The van der Waals surface area contributed by atoms with E-state index in [0.717, 1.165) is 25.7 Å². The molecular weight excluding hydrogens is 284 g/mol. The molecule has 0 radical (unpaired) electrons. The SMILES string of the molecule is COC(=O)[C@]1(C)CCC[C@@H](C)[C@H]1CCc1cccc(C(C)C)c1. The molecule has 0 unspecified atom stereocenters. The summed E-state index contributed by atoms with van der Waals surface area (Å²) in [7, 11) is 1.52. The van der Waals surface area contributed by atoms with E-state index < -0.39 is 0 Å². The van der Waals surface area contributed by atoms with Crippen molar-refractivity contribution in [2.75, 3.05) is 7.11 Å². The van der Waals surface area contributed by atoms with Gasteiger partial charge in [-0.15, -0.1) is 0 Å². The third-order valence-corrected chi connectivity index (χ3v) is 5.87. The zero-order valence-corrected chi connectivity index (χ0v) is 15.4. The number of rotatable bonds is 5. The van der Waals surface area contributed by atoms with Crippen LogP contribution in [0.4, 0.5) is 0 Å². The minimum absolute atomic E-state index is 0.0232. The average molecular weight is 316 g/mol. The number of esters is 1. The van der Waals surface area contributed by atoms with E-state index >= 15 is 0 Å². The number of hydrogen-bond donors (Lipinski definition) is 0. The zero-order valence-electron chi connectivity index (χ0n) is 15.4. The first kappa shape index (κ1) is 18.0. The van der Waals surface area contributed by atoms with Gasteiger partial charge in [0.15, 0.2) is 0 Å². The second-order valence-electron chi connectivity index (χ2n) is 7.82. The lowest BCUT2D eigenvalue weighted by Gasteiger charge is -2.43. The first-order valence-electron chi connectivity index (χ1n) is 9.05. The van der Waals surface area contributed by atoms with E-state index in [1.54, 1.807) is 0 Å². The van der Waals surface area contributed by atoms with E-state index in [1.807, 2.05) is 0 Å². The molecule has 128 valence electrons.